The molecule has 0 N–H and O–H groups in total. The minimum absolute atomic E-state index is 0.277. The Labute approximate surface area is 93.2 Å². The fraction of sp³-hybridized carbons (Fsp3) is 0.417. The number of ketones is 1. The van der Waals surface area contributed by atoms with Crippen LogP contribution in [0.15, 0.2) is 24.3 Å². The standard InChI is InChI=1S/C12H14F2O2/c1-8-3-5-10(6-4-8)12(15)9(2)16-7-11(13)14/h3-6,9,11H,7H2,1-2H3. The van der Waals surface area contributed by atoms with Crippen molar-refractivity contribution in [3.05, 3.63) is 35.4 Å². The average molecular weight is 228 g/mol. The van der Waals surface area contributed by atoms with Crippen molar-refractivity contribution in [2.45, 2.75) is 26.4 Å². The van der Waals surface area contributed by atoms with Gasteiger partial charge in [0.1, 0.15) is 12.7 Å². The van der Waals surface area contributed by atoms with Crippen LogP contribution in [-0.2, 0) is 4.74 Å². The molecule has 1 atom stereocenters. The van der Waals surface area contributed by atoms with Crippen LogP contribution >= 0.6 is 0 Å². The van der Waals surface area contributed by atoms with Gasteiger partial charge < -0.3 is 4.74 Å². The van der Waals surface area contributed by atoms with Crippen molar-refractivity contribution in [2.24, 2.45) is 0 Å². The van der Waals surface area contributed by atoms with Gasteiger partial charge in [0.2, 0.25) is 0 Å². The van der Waals surface area contributed by atoms with Crippen molar-refractivity contribution >= 4 is 5.78 Å². The minimum Gasteiger partial charge on any atom is -0.364 e. The molecular formula is C12H14F2O2. The molecule has 1 aromatic rings. The van der Waals surface area contributed by atoms with Crippen LogP contribution in [0.2, 0.25) is 0 Å². The quantitative estimate of drug-likeness (QED) is 0.724. The highest BCUT2D eigenvalue weighted by Gasteiger charge is 2.17. The number of aryl methyl sites for hydroxylation is 1. The Morgan fingerprint density at radius 2 is 1.88 bits per heavy atom. The Bertz CT molecular complexity index is 347. The van der Waals surface area contributed by atoms with Gasteiger partial charge in [0.25, 0.3) is 6.43 Å². The number of alkyl halides is 2. The third-order valence-corrected chi connectivity index (χ3v) is 2.18. The third-order valence-electron chi connectivity index (χ3n) is 2.18. The van der Waals surface area contributed by atoms with Gasteiger partial charge in [0, 0.05) is 5.56 Å². The number of halogens is 2. The number of hydrogen-bond donors (Lipinski definition) is 0. The van der Waals surface area contributed by atoms with Crippen LogP contribution in [0, 0.1) is 6.92 Å². The van der Waals surface area contributed by atoms with Crippen molar-refractivity contribution in [2.75, 3.05) is 6.61 Å². The molecule has 1 rings (SSSR count). The van der Waals surface area contributed by atoms with E-state index in [1.54, 1.807) is 24.3 Å². The first-order valence-electron chi connectivity index (χ1n) is 5.01. The van der Waals surface area contributed by atoms with Crippen LogP contribution in [-0.4, -0.2) is 24.9 Å². The molecule has 0 aliphatic rings. The zero-order valence-electron chi connectivity index (χ0n) is 9.24. The van der Waals surface area contributed by atoms with E-state index in [9.17, 15) is 13.6 Å². The molecule has 0 aliphatic heterocycles. The van der Waals surface area contributed by atoms with Gasteiger partial charge in [-0.05, 0) is 13.8 Å². The van der Waals surface area contributed by atoms with Gasteiger partial charge in [0.05, 0.1) is 0 Å². The molecule has 1 aromatic carbocycles. The topological polar surface area (TPSA) is 26.3 Å². The fourth-order valence-electron chi connectivity index (χ4n) is 1.25. The zero-order chi connectivity index (χ0) is 12.1. The van der Waals surface area contributed by atoms with Gasteiger partial charge in [-0.1, -0.05) is 29.8 Å². The number of benzene rings is 1. The van der Waals surface area contributed by atoms with E-state index in [0.29, 0.717) is 5.56 Å². The average Bonchev–Trinajstić information content (AvgIpc) is 2.26. The molecule has 2 nitrogen and oxygen atoms in total. The lowest BCUT2D eigenvalue weighted by molar-refractivity contribution is -0.00985. The number of rotatable bonds is 5. The monoisotopic (exact) mass is 228 g/mol. The number of carbonyl (C=O) groups excluding carboxylic acids is 1. The van der Waals surface area contributed by atoms with Crippen LogP contribution in [0.4, 0.5) is 8.78 Å². The lowest BCUT2D eigenvalue weighted by Gasteiger charge is -2.11. The Morgan fingerprint density at radius 1 is 1.31 bits per heavy atom. The molecule has 0 amide bonds. The van der Waals surface area contributed by atoms with E-state index < -0.39 is 19.1 Å². The highest BCUT2D eigenvalue weighted by atomic mass is 19.3. The van der Waals surface area contributed by atoms with Crippen LogP contribution in [0.3, 0.4) is 0 Å². The van der Waals surface area contributed by atoms with Gasteiger partial charge in [-0.3, -0.25) is 4.79 Å². The maximum atomic E-state index is 11.9. The highest BCUT2D eigenvalue weighted by Crippen LogP contribution is 2.09. The summed E-state index contributed by atoms with van der Waals surface area (Å²) in [5.41, 5.74) is 1.52. The second kappa shape index (κ2) is 5.70. The lowest BCUT2D eigenvalue weighted by atomic mass is 10.1. The maximum absolute atomic E-state index is 11.9. The van der Waals surface area contributed by atoms with E-state index in [1.807, 2.05) is 6.92 Å². The van der Waals surface area contributed by atoms with E-state index in [-0.39, 0.29) is 5.78 Å². The van der Waals surface area contributed by atoms with Gasteiger partial charge >= 0.3 is 0 Å². The number of carbonyl (C=O) groups is 1. The summed E-state index contributed by atoms with van der Waals surface area (Å²) in [6, 6.07) is 6.93. The summed E-state index contributed by atoms with van der Waals surface area (Å²) in [5.74, 6) is -0.277. The number of Topliss-reactive ketones (excluding diaryl/α,β-unsaturated/α-hetero) is 1. The first-order chi connectivity index (χ1) is 7.50. The third kappa shape index (κ3) is 3.70. The summed E-state index contributed by atoms with van der Waals surface area (Å²) >= 11 is 0. The summed E-state index contributed by atoms with van der Waals surface area (Å²) in [5, 5.41) is 0. The van der Waals surface area contributed by atoms with Crippen molar-refractivity contribution in [1.82, 2.24) is 0 Å². The summed E-state index contributed by atoms with van der Waals surface area (Å²) in [7, 11) is 0. The minimum atomic E-state index is -2.55. The second-order valence-electron chi connectivity index (χ2n) is 3.60. The summed E-state index contributed by atoms with van der Waals surface area (Å²) in [4.78, 5) is 11.7. The summed E-state index contributed by atoms with van der Waals surface area (Å²) in [6.07, 6.45) is -3.38. The molecule has 0 fully saturated rings. The summed E-state index contributed by atoms with van der Waals surface area (Å²) < 4.78 is 28.5. The van der Waals surface area contributed by atoms with Crippen LogP contribution in [0.25, 0.3) is 0 Å². The molecular weight excluding hydrogens is 214 g/mol. The summed E-state index contributed by atoms with van der Waals surface area (Å²) in [6.45, 7) is 2.67. The molecule has 0 bridgehead atoms. The molecule has 0 saturated carbocycles. The Morgan fingerprint density at radius 3 is 2.38 bits per heavy atom. The SMILES string of the molecule is Cc1ccc(C(=O)C(C)OCC(F)F)cc1. The van der Waals surface area contributed by atoms with E-state index in [0.717, 1.165) is 5.56 Å². The van der Waals surface area contributed by atoms with Crippen LogP contribution in [0.1, 0.15) is 22.8 Å². The van der Waals surface area contributed by atoms with Crippen LogP contribution < -0.4 is 0 Å². The van der Waals surface area contributed by atoms with E-state index >= 15 is 0 Å². The molecule has 0 saturated heterocycles. The molecule has 88 valence electrons. The van der Waals surface area contributed by atoms with E-state index in [1.165, 1.54) is 6.92 Å². The Balaban J connectivity index is 2.60. The number of hydrogen-bond acceptors (Lipinski definition) is 2. The molecule has 16 heavy (non-hydrogen) atoms. The molecule has 4 heteroatoms. The predicted molar refractivity (Wildman–Crippen MR) is 56.9 cm³/mol. The molecule has 0 aliphatic carbocycles. The molecule has 1 unspecified atom stereocenters. The second-order valence-corrected chi connectivity index (χ2v) is 3.60. The predicted octanol–water partition coefficient (Wildman–Crippen LogP) is 2.85. The van der Waals surface area contributed by atoms with Gasteiger partial charge in [-0.2, -0.15) is 0 Å². The maximum Gasteiger partial charge on any atom is 0.261 e. The molecule has 0 radical (unpaired) electrons. The van der Waals surface area contributed by atoms with Crippen molar-refractivity contribution in [1.29, 1.82) is 0 Å². The van der Waals surface area contributed by atoms with Gasteiger partial charge in [0.15, 0.2) is 5.78 Å². The normalized spacial score (nSPS) is 12.8. The lowest BCUT2D eigenvalue weighted by Crippen LogP contribution is -2.23. The van der Waals surface area contributed by atoms with Crippen molar-refractivity contribution in [3.63, 3.8) is 0 Å². The van der Waals surface area contributed by atoms with Gasteiger partial charge in [-0.25, -0.2) is 8.78 Å². The smallest absolute Gasteiger partial charge is 0.261 e. The van der Waals surface area contributed by atoms with Crippen LogP contribution in [0.5, 0.6) is 0 Å². The fourth-order valence-corrected chi connectivity index (χ4v) is 1.25. The zero-order valence-corrected chi connectivity index (χ0v) is 9.24. The largest absolute Gasteiger partial charge is 0.364 e. The highest BCUT2D eigenvalue weighted by molar-refractivity contribution is 5.99. The number of ether oxygens (including phenoxy) is 1. The van der Waals surface area contributed by atoms with Gasteiger partial charge in [-0.15, -0.1) is 0 Å². The Kier molecular flexibility index (Phi) is 4.55. The first-order valence-corrected chi connectivity index (χ1v) is 5.01. The van der Waals surface area contributed by atoms with Crippen molar-refractivity contribution in [3.8, 4) is 0 Å². The molecule has 0 spiro atoms. The van der Waals surface area contributed by atoms with E-state index in [2.05, 4.69) is 0 Å². The van der Waals surface area contributed by atoms with E-state index in [4.69, 9.17) is 4.74 Å². The molecule has 0 heterocycles. The Hall–Kier alpha value is -1.29. The van der Waals surface area contributed by atoms with Crippen molar-refractivity contribution < 1.29 is 18.3 Å². The molecule has 0 aromatic heterocycles. The first kappa shape index (κ1) is 12.8.